The quantitative estimate of drug-likeness (QED) is 0.924. The summed E-state index contributed by atoms with van der Waals surface area (Å²) in [5.41, 5.74) is 9.69. The molecule has 0 saturated heterocycles. The molecule has 0 spiro atoms. The van der Waals surface area contributed by atoms with Crippen molar-refractivity contribution in [2.45, 2.75) is 26.8 Å². The van der Waals surface area contributed by atoms with E-state index in [-0.39, 0.29) is 6.04 Å². The lowest BCUT2D eigenvalue weighted by Gasteiger charge is -2.17. The van der Waals surface area contributed by atoms with Gasteiger partial charge in [0.1, 0.15) is 5.75 Å². The molecule has 1 unspecified atom stereocenters. The molecule has 0 bridgehead atoms. The predicted molar refractivity (Wildman–Crippen MR) is 75.3 cm³/mol. The van der Waals surface area contributed by atoms with Gasteiger partial charge in [0.2, 0.25) is 0 Å². The van der Waals surface area contributed by atoms with Gasteiger partial charge >= 0.3 is 0 Å². The van der Waals surface area contributed by atoms with Crippen molar-refractivity contribution in [3.05, 3.63) is 44.9 Å². The van der Waals surface area contributed by atoms with Crippen LogP contribution in [0.25, 0.3) is 0 Å². The van der Waals surface area contributed by atoms with Crippen molar-refractivity contribution < 1.29 is 4.74 Å². The van der Waals surface area contributed by atoms with E-state index in [2.05, 4.69) is 24.9 Å². The van der Waals surface area contributed by atoms with Crippen LogP contribution in [0, 0.1) is 20.8 Å². The summed E-state index contributed by atoms with van der Waals surface area (Å²) >= 11 is 1.63. The van der Waals surface area contributed by atoms with Crippen molar-refractivity contribution in [3.63, 3.8) is 0 Å². The fraction of sp³-hybridized carbons (Fsp3) is 0.357. The molecular weight excluding hydrogens is 244 g/mol. The smallest absolute Gasteiger partial charge is 0.127 e. The minimum atomic E-state index is -0.176. The normalized spacial score (nSPS) is 12.5. The van der Waals surface area contributed by atoms with Gasteiger partial charge in [-0.25, -0.2) is 4.98 Å². The van der Waals surface area contributed by atoms with Crippen molar-refractivity contribution in [2.75, 3.05) is 7.11 Å². The highest BCUT2D eigenvalue weighted by atomic mass is 32.1. The number of nitrogens with zero attached hydrogens (tertiary/aromatic N) is 1. The Balaban J connectivity index is 2.48. The zero-order chi connectivity index (χ0) is 13.3. The molecule has 0 aliphatic rings. The van der Waals surface area contributed by atoms with E-state index in [1.807, 2.05) is 19.2 Å². The van der Waals surface area contributed by atoms with Crippen molar-refractivity contribution in [3.8, 4) is 5.75 Å². The van der Waals surface area contributed by atoms with Gasteiger partial charge in [-0.3, -0.25) is 0 Å². The standard InChI is InChI=1S/C14H18N2OS/c1-8-5-6-11(14(17-4)9(8)2)13(15)12-7-16-10(3)18-12/h5-7,13H,15H2,1-4H3. The third-order valence-corrected chi connectivity index (χ3v) is 4.19. The first-order valence-corrected chi connectivity index (χ1v) is 6.68. The summed E-state index contributed by atoms with van der Waals surface area (Å²) in [5.74, 6) is 0.883. The summed E-state index contributed by atoms with van der Waals surface area (Å²) in [6.45, 7) is 6.12. The second-order valence-corrected chi connectivity index (χ2v) is 5.66. The number of aromatic nitrogens is 1. The van der Waals surface area contributed by atoms with E-state index in [9.17, 15) is 0 Å². The molecule has 0 aliphatic heterocycles. The molecule has 1 aromatic heterocycles. The number of nitrogens with two attached hydrogens (primary N) is 1. The Kier molecular flexibility index (Phi) is 3.68. The second kappa shape index (κ2) is 5.08. The van der Waals surface area contributed by atoms with Gasteiger partial charge in [0.15, 0.2) is 0 Å². The molecule has 1 atom stereocenters. The van der Waals surface area contributed by atoms with Crippen LogP contribution in [-0.4, -0.2) is 12.1 Å². The van der Waals surface area contributed by atoms with Crippen LogP contribution in [0.2, 0.25) is 0 Å². The average molecular weight is 262 g/mol. The highest BCUT2D eigenvalue weighted by molar-refractivity contribution is 7.11. The molecule has 1 aromatic carbocycles. The Morgan fingerprint density at radius 1 is 1.28 bits per heavy atom. The van der Waals surface area contributed by atoms with Gasteiger partial charge in [-0.1, -0.05) is 12.1 Å². The maximum absolute atomic E-state index is 6.32. The summed E-state index contributed by atoms with van der Waals surface area (Å²) < 4.78 is 5.51. The van der Waals surface area contributed by atoms with Crippen molar-refractivity contribution in [1.29, 1.82) is 0 Å². The molecular formula is C14H18N2OS. The first-order chi connectivity index (χ1) is 8.54. The molecule has 18 heavy (non-hydrogen) atoms. The van der Waals surface area contributed by atoms with E-state index in [1.54, 1.807) is 18.4 Å². The Morgan fingerprint density at radius 3 is 2.56 bits per heavy atom. The maximum Gasteiger partial charge on any atom is 0.127 e. The summed E-state index contributed by atoms with van der Waals surface area (Å²) in [6.07, 6.45) is 1.85. The lowest BCUT2D eigenvalue weighted by Crippen LogP contribution is -2.12. The largest absolute Gasteiger partial charge is 0.496 e. The summed E-state index contributed by atoms with van der Waals surface area (Å²) in [5, 5.41) is 1.03. The van der Waals surface area contributed by atoms with E-state index >= 15 is 0 Å². The Bertz CT molecular complexity index is 563. The Morgan fingerprint density at radius 2 is 2.00 bits per heavy atom. The molecule has 2 N–H and O–H groups in total. The van der Waals surface area contributed by atoms with E-state index in [0.29, 0.717) is 0 Å². The molecule has 4 heteroatoms. The third kappa shape index (κ3) is 2.26. The van der Waals surface area contributed by atoms with Gasteiger partial charge in [-0.15, -0.1) is 11.3 Å². The zero-order valence-corrected chi connectivity index (χ0v) is 12.0. The van der Waals surface area contributed by atoms with Crippen molar-refractivity contribution in [2.24, 2.45) is 5.73 Å². The topological polar surface area (TPSA) is 48.1 Å². The Hall–Kier alpha value is -1.39. The SMILES string of the molecule is COc1c(C(N)c2cnc(C)s2)ccc(C)c1C. The highest BCUT2D eigenvalue weighted by Gasteiger charge is 2.18. The van der Waals surface area contributed by atoms with E-state index in [1.165, 1.54) is 5.56 Å². The van der Waals surface area contributed by atoms with Gasteiger partial charge in [0.05, 0.1) is 18.2 Å². The summed E-state index contributed by atoms with van der Waals surface area (Å²) in [7, 11) is 1.69. The lowest BCUT2D eigenvalue weighted by atomic mass is 9.99. The molecule has 0 fully saturated rings. The molecule has 3 nitrogen and oxygen atoms in total. The number of ether oxygens (including phenoxy) is 1. The predicted octanol–water partition coefficient (Wildman–Crippen LogP) is 3.13. The van der Waals surface area contributed by atoms with E-state index in [0.717, 1.165) is 26.8 Å². The minimum Gasteiger partial charge on any atom is -0.496 e. The monoisotopic (exact) mass is 262 g/mol. The van der Waals surface area contributed by atoms with Crippen molar-refractivity contribution >= 4 is 11.3 Å². The molecule has 1 heterocycles. The second-order valence-electron chi connectivity index (χ2n) is 4.39. The molecule has 0 aliphatic carbocycles. The summed E-state index contributed by atoms with van der Waals surface area (Å²) in [4.78, 5) is 5.32. The van der Waals surface area contributed by atoms with E-state index in [4.69, 9.17) is 10.5 Å². The lowest BCUT2D eigenvalue weighted by molar-refractivity contribution is 0.404. The van der Waals surface area contributed by atoms with Crippen LogP contribution < -0.4 is 10.5 Å². The maximum atomic E-state index is 6.32. The van der Waals surface area contributed by atoms with Crippen LogP contribution in [0.15, 0.2) is 18.3 Å². The number of methoxy groups -OCH3 is 1. The fourth-order valence-corrected chi connectivity index (χ4v) is 2.81. The van der Waals surface area contributed by atoms with Crippen LogP contribution in [0.1, 0.15) is 32.6 Å². The number of thiazole rings is 1. The average Bonchev–Trinajstić information content (AvgIpc) is 2.78. The number of hydrogen-bond donors (Lipinski definition) is 1. The first-order valence-electron chi connectivity index (χ1n) is 5.86. The molecule has 0 radical (unpaired) electrons. The first kappa shape index (κ1) is 13.1. The zero-order valence-electron chi connectivity index (χ0n) is 11.2. The molecule has 2 aromatic rings. The van der Waals surface area contributed by atoms with Crippen molar-refractivity contribution in [1.82, 2.24) is 4.98 Å². The van der Waals surface area contributed by atoms with Gasteiger partial charge in [0, 0.05) is 16.6 Å². The molecule has 0 saturated carbocycles. The van der Waals surface area contributed by atoms with Crippen LogP contribution in [0.4, 0.5) is 0 Å². The number of aryl methyl sites for hydroxylation is 2. The van der Waals surface area contributed by atoms with Crippen LogP contribution in [-0.2, 0) is 0 Å². The molecule has 2 rings (SSSR count). The fourth-order valence-electron chi connectivity index (χ4n) is 2.00. The van der Waals surface area contributed by atoms with Crippen LogP contribution in [0.3, 0.4) is 0 Å². The van der Waals surface area contributed by atoms with Gasteiger partial charge < -0.3 is 10.5 Å². The third-order valence-electron chi connectivity index (χ3n) is 3.19. The van der Waals surface area contributed by atoms with Gasteiger partial charge in [0.25, 0.3) is 0 Å². The molecule has 0 amide bonds. The highest BCUT2D eigenvalue weighted by Crippen LogP contribution is 2.34. The Labute approximate surface area is 112 Å². The van der Waals surface area contributed by atoms with Crippen LogP contribution in [0.5, 0.6) is 5.75 Å². The van der Waals surface area contributed by atoms with E-state index < -0.39 is 0 Å². The van der Waals surface area contributed by atoms with Crippen LogP contribution >= 0.6 is 11.3 Å². The number of hydrogen-bond acceptors (Lipinski definition) is 4. The molecule has 96 valence electrons. The number of rotatable bonds is 3. The number of benzene rings is 1. The minimum absolute atomic E-state index is 0.176. The van der Waals surface area contributed by atoms with Gasteiger partial charge in [-0.2, -0.15) is 0 Å². The summed E-state index contributed by atoms with van der Waals surface area (Å²) in [6, 6.07) is 3.95. The van der Waals surface area contributed by atoms with Gasteiger partial charge in [-0.05, 0) is 31.9 Å².